The number of halogens is 3. The van der Waals surface area contributed by atoms with Crippen LogP contribution >= 0.6 is 0 Å². The second kappa shape index (κ2) is 4.79. The molecular formula is C15H15F3O3. The van der Waals surface area contributed by atoms with Crippen molar-refractivity contribution in [3.8, 4) is 5.75 Å². The van der Waals surface area contributed by atoms with Gasteiger partial charge < -0.3 is 9.84 Å². The van der Waals surface area contributed by atoms with E-state index in [0.717, 1.165) is 6.07 Å². The minimum atomic E-state index is -4.51. The summed E-state index contributed by atoms with van der Waals surface area (Å²) >= 11 is 0. The first-order valence-electron chi connectivity index (χ1n) is 6.32. The molecule has 114 valence electrons. The van der Waals surface area contributed by atoms with Crippen molar-refractivity contribution in [3.63, 3.8) is 0 Å². The smallest absolute Gasteiger partial charge is 0.416 e. The van der Waals surface area contributed by atoms with Crippen molar-refractivity contribution in [1.82, 2.24) is 0 Å². The molecule has 0 radical (unpaired) electrons. The second-order valence-corrected chi connectivity index (χ2v) is 5.95. The molecule has 0 aliphatic carbocycles. The molecule has 0 saturated carbocycles. The van der Waals surface area contributed by atoms with E-state index in [1.807, 2.05) is 0 Å². The number of carboxylic acids is 1. The van der Waals surface area contributed by atoms with Crippen molar-refractivity contribution in [2.24, 2.45) is 0 Å². The van der Waals surface area contributed by atoms with Crippen LogP contribution < -0.4 is 4.74 Å². The number of hydrogen-bond acceptors (Lipinski definition) is 2. The summed E-state index contributed by atoms with van der Waals surface area (Å²) in [6, 6.07) is 2.31. The number of carbonyl (C=O) groups is 1. The van der Waals surface area contributed by atoms with Crippen LogP contribution in [0.25, 0.3) is 6.08 Å². The van der Waals surface area contributed by atoms with Gasteiger partial charge in [0.15, 0.2) is 0 Å². The van der Waals surface area contributed by atoms with Crippen molar-refractivity contribution < 1.29 is 27.8 Å². The molecular weight excluding hydrogens is 285 g/mol. The van der Waals surface area contributed by atoms with Gasteiger partial charge in [0.25, 0.3) is 0 Å². The predicted octanol–water partition coefficient (Wildman–Crippen LogP) is 3.86. The highest BCUT2D eigenvalue weighted by Crippen LogP contribution is 2.42. The molecule has 0 amide bonds. The van der Waals surface area contributed by atoms with Gasteiger partial charge in [-0.3, -0.25) is 0 Å². The number of ether oxygens (including phenoxy) is 1. The van der Waals surface area contributed by atoms with Gasteiger partial charge in [0.1, 0.15) is 12.4 Å². The molecule has 1 aromatic carbocycles. The first-order chi connectivity index (χ1) is 9.50. The lowest BCUT2D eigenvalue weighted by Crippen LogP contribution is -2.21. The molecule has 21 heavy (non-hydrogen) atoms. The fourth-order valence-corrected chi connectivity index (χ4v) is 2.20. The highest BCUT2D eigenvalue weighted by molar-refractivity contribution is 5.93. The summed E-state index contributed by atoms with van der Waals surface area (Å²) in [6.45, 7) is 4.90. The number of aliphatic carboxylic acids is 1. The van der Waals surface area contributed by atoms with Gasteiger partial charge in [-0.15, -0.1) is 0 Å². The average molecular weight is 300 g/mol. The Morgan fingerprint density at radius 3 is 2.29 bits per heavy atom. The lowest BCUT2D eigenvalue weighted by atomic mass is 9.82. The van der Waals surface area contributed by atoms with Crippen molar-refractivity contribution in [3.05, 3.63) is 34.4 Å². The maximum absolute atomic E-state index is 13.2. The zero-order chi connectivity index (χ0) is 16.0. The molecule has 0 spiro atoms. The van der Waals surface area contributed by atoms with E-state index < -0.39 is 23.1 Å². The normalized spacial score (nSPS) is 15.0. The van der Waals surface area contributed by atoms with Crippen LogP contribution in [0.2, 0.25) is 0 Å². The summed E-state index contributed by atoms with van der Waals surface area (Å²) in [4.78, 5) is 10.9. The standard InChI is InChI=1S/C15H15F3O3/c1-14(2,3)10-6-12-8(5-11(10)15(16,17)18)4-9(7-21-12)13(19)20/h4-6H,7H2,1-3H3,(H,19,20). The van der Waals surface area contributed by atoms with Crippen molar-refractivity contribution in [1.29, 1.82) is 0 Å². The minimum absolute atomic E-state index is 0.0702. The van der Waals surface area contributed by atoms with E-state index in [1.54, 1.807) is 20.8 Å². The number of fused-ring (bicyclic) bond motifs is 1. The minimum Gasteiger partial charge on any atom is -0.488 e. The average Bonchev–Trinajstić information content (AvgIpc) is 2.34. The summed E-state index contributed by atoms with van der Waals surface area (Å²) in [5, 5.41) is 8.91. The monoisotopic (exact) mass is 300 g/mol. The van der Waals surface area contributed by atoms with Gasteiger partial charge >= 0.3 is 12.1 Å². The van der Waals surface area contributed by atoms with Gasteiger partial charge in [0.05, 0.1) is 11.1 Å². The fraction of sp³-hybridized carbons (Fsp3) is 0.400. The second-order valence-electron chi connectivity index (χ2n) is 5.95. The van der Waals surface area contributed by atoms with Crippen LogP contribution in [0.5, 0.6) is 5.75 Å². The fourth-order valence-electron chi connectivity index (χ4n) is 2.20. The van der Waals surface area contributed by atoms with Gasteiger partial charge in [-0.05, 0) is 29.2 Å². The Bertz CT molecular complexity index is 622. The molecule has 1 aliphatic rings. The first kappa shape index (κ1) is 15.4. The Kier molecular flexibility index (Phi) is 3.51. The Labute approximate surface area is 120 Å². The molecule has 1 heterocycles. The van der Waals surface area contributed by atoms with Crippen LogP contribution in [-0.2, 0) is 16.4 Å². The molecule has 0 unspecified atom stereocenters. The summed E-state index contributed by atoms with van der Waals surface area (Å²) in [5.41, 5.74) is -1.28. The molecule has 1 N–H and O–H groups in total. The van der Waals surface area contributed by atoms with Gasteiger partial charge in [0, 0.05) is 5.56 Å². The number of hydrogen-bond donors (Lipinski definition) is 1. The SMILES string of the molecule is CC(C)(C)c1cc2c(cc1C(F)(F)F)C=C(C(=O)O)CO2. The molecule has 0 fully saturated rings. The van der Waals surface area contributed by atoms with Gasteiger partial charge in [0.2, 0.25) is 0 Å². The summed E-state index contributed by atoms with van der Waals surface area (Å²) in [6.07, 6.45) is -3.28. The highest BCUT2D eigenvalue weighted by atomic mass is 19.4. The van der Waals surface area contributed by atoms with Gasteiger partial charge in [-0.2, -0.15) is 13.2 Å². The topological polar surface area (TPSA) is 46.5 Å². The van der Waals surface area contributed by atoms with Crippen molar-refractivity contribution in [2.45, 2.75) is 32.4 Å². The summed E-state index contributed by atoms with van der Waals surface area (Å²) in [5.74, 6) is -0.924. The van der Waals surface area contributed by atoms with Crippen LogP contribution in [0, 0.1) is 0 Å². The number of alkyl halides is 3. The summed E-state index contributed by atoms with van der Waals surface area (Å²) < 4.78 is 45.0. The highest BCUT2D eigenvalue weighted by Gasteiger charge is 2.37. The Hall–Kier alpha value is -1.98. The third-order valence-corrected chi connectivity index (χ3v) is 3.25. The first-order valence-corrected chi connectivity index (χ1v) is 6.32. The van der Waals surface area contributed by atoms with E-state index in [2.05, 4.69) is 0 Å². The van der Waals surface area contributed by atoms with Crippen molar-refractivity contribution in [2.75, 3.05) is 6.61 Å². The molecule has 0 atom stereocenters. The van der Waals surface area contributed by atoms with Gasteiger partial charge in [-0.1, -0.05) is 20.8 Å². The number of benzene rings is 1. The van der Waals surface area contributed by atoms with Crippen LogP contribution in [0.15, 0.2) is 17.7 Å². The maximum atomic E-state index is 13.2. The van der Waals surface area contributed by atoms with Crippen LogP contribution in [0.1, 0.15) is 37.5 Å². The Morgan fingerprint density at radius 1 is 1.19 bits per heavy atom. The van der Waals surface area contributed by atoms with E-state index in [1.165, 1.54) is 12.1 Å². The van der Waals surface area contributed by atoms with Crippen LogP contribution in [0.3, 0.4) is 0 Å². The zero-order valence-corrected chi connectivity index (χ0v) is 11.8. The van der Waals surface area contributed by atoms with Crippen molar-refractivity contribution >= 4 is 12.0 Å². The molecule has 1 aromatic rings. The van der Waals surface area contributed by atoms with E-state index in [-0.39, 0.29) is 29.1 Å². The van der Waals surface area contributed by atoms with Crippen LogP contribution in [-0.4, -0.2) is 17.7 Å². The van der Waals surface area contributed by atoms with E-state index in [0.29, 0.717) is 0 Å². The van der Waals surface area contributed by atoms with E-state index >= 15 is 0 Å². The Balaban J connectivity index is 2.67. The quantitative estimate of drug-likeness (QED) is 0.856. The zero-order valence-electron chi connectivity index (χ0n) is 11.8. The number of rotatable bonds is 1. The van der Waals surface area contributed by atoms with E-state index in [4.69, 9.17) is 9.84 Å². The van der Waals surface area contributed by atoms with E-state index in [9.17, 15) is 18.0 Å². The molecule has 6 heteroatoms. The molecule has 3 nitrogen and oxygen atoms in total. The van der Waals surface area contributed by atoms with Gasteiger partial charge in [-0.25, -0.2) is 4.79 Å². The lowest BCUT2D eigenvalue weighted by Gasteiger charge is -2.27. The Morgan fingerprint density at radius 2 is 1.81 bits per heavy atom. The van der Waals surface area contributed by atoms with Crippen LogP contribution in [0.4, 0.5) is 13.2 Å². The number of carboxylic acid groups (broad SMARTS) is 1. The predicted molar refractivity (Wildman–Crippen MR) is 71.3 cm³/mol. The summed E-state index contributed by atoms with van der Waals surface area (Å²) in [7, 11) is 0. The maximum Gasteiger partial charge on any atom is 0.416 e. The molecule has 1 aliphatic heterocycles. The molecule has 2 rings (SSSR count). The third kappa shape index (κ3) is 3.04. The third-order valence-electron chi connectivity index (χ3n) is 3.25. The molecule has 0 aromatic heterocycles. The molecule has 0 saturated heterocycles. The lowest BCUT2D eigenvalue weighted by molar-refractivity contribution is -0.138. The largest absolute Gasteiger partial charge is 0.488 e. The molecule has 0 bridgehead atoms.